The fourth-order valence-corrected chi connectivity index (χ4v) is 11.1. The normalized spacial score (nSPS) is 13.1. The molecule has 0 aliphatic carbocycles. The van der Waals surface area contributed by atoms with Crippen LogP contribution in [0.25, 0.3) is 78.2 Å². The van der Waals surface area contributed by atoms with E-state index in [1.807, 2.05) is 107 Å². The van der Waals surface area contributed by atoms with Crippen LogP contribution in [-0.4, -0.2) is 70.8 Å². The van der Waals surface area contributed by atoms with Gasteiger partial charge in [0.05, 0.1) is 22.7 Å². The summed E-state index contributed by atoms with van der Waals surface area (Å²) in [6, 6.07) is 51.2. The summed E-state index contributed by atoms with van der Waals surface area (Å²) in [5, 5.41) is 1.65. The summed E-state index contributed by atoms with van der Waals surface area (Å²) in [5.41, 5.74) is 12.3. The van der Waals surface area contributed by atoms with E-state index in [9.17, 15) is 19.2 Å². The van der Waals surface area contributed by atoms with E-state index in [1.54, 1.807) is 72.8 Å². The minimum absolute atomic E-state index is 0. The van der Waals surface area contributed by atoms with Gasteiger partial charge in [-0.2, -0.15) is 12.1 Å². The van der Waals surface area contributed by atoms with Gasteiger partial charge >= 0.3 is 22.8 Å². The van der Waals surface area contributed by atoms with Crippen LogP contribution in [0.5, 0.6) is 5.88 Å². The smallest absolute Gasteiger partial charge is 0.348 e. The van der Waals surface area contributed by atoms with Crippen molar-refractivity contribution in [3.8, 4) is 5.88 Å². The number of benzene rings is 3. The van der Waals surface area contributed by atoms with Crippen LogP contribution in [0.15, 0.2) is 271 Å². The van der Waals surface area contributed by atoms with Crippen molar-refractivity contribution in [2.24, 2.45) is 0 Å². The first kappa shape index (κ1) is 80.5. The number of rotatable bonds is 3. The van der Waals surface area contributed by atoms with Crippen molar-refractivity contribution in [3.05, 3.63) is 343 Å². The molecule has 0 unspecified atom stereocenters. The molecule has 21 rings (SSSR count). The van der Waals surface area contributed by atoms with Crippen molar-refractivity contribution in [1.29, 1.82) is 0 Å². The molecule has 0 fully saturated rings. The topological polar surface area (TPSA) is 304 Å². The van der Waals surface area contributed by atoms with E-state index in [0.717, 1.165) is 51.2 Å². The molecule has 552 valence electrons. The number of hydrogen-bond acceptors (Lipinski definition) is 27. The van der Waals surface area contributed by atoms with Gasteiger partial charge in [-0.05, 0) is 108 Å². The summed E-state index contributed by atoms with van der Waals surface area (Å²) >= 11 is 0. The van der Waals surface area contributed by atoms with E-state index in [2.05, 4.69) is 166 Å². The average Bonchev–Trinajstić information content (AvgIpc) is 1.42. The third-order valence-electron chi connectivity index (χ3n) is 15.7. The van der Waals surface area contributed by atoms with Crippen molar-refractivity contribution >= 4 is 118 Å². The summed E-state index contributed by atoms with van der Waals surface area (Å²) in [6.07, 6.45) is 37.4. The second kappa shape index (κ2) is 36.7. The van der Waals surface area contributed by atoms with Crippen molar-refractivity contribution in [3.63, 3.8) is 0 Å². The molecule has 6 radical (unpaired) electrons. The van der Waals surface area contributed by atoms with Crippen LogP contribution in [0.4, 0.5) is 34.1 Å². The Kier molecular flexibility index (Phi) is 27.1. The number of esters is 1. The van der Waals surface area contributed by atoms with Crippen LogP contribution < -0.4 is 51.0 Å². The number of ether oxygens (including phenoxy) is 1. The SMILES string of the molecule is O=C1Oc2ncn[c-]c2N2[CH-]N(c3ccccc3)C=C12.O=c1oc2cccnc2c2[c-]ccnc12.O=c1oc2cccnc2c2[c-]ncnc12.O=c1oc2cncnc2c2[c-]ccnc12.[Ir].[Ir].[Ir].[Ir].[Ir].[Ir].[c-]1ccnc2c1N1[CH-]N(c3ccccc3)C=C1C=C2.[c-]1ncnc2c1N1[CH-]N(c3ccccc3)C=C1C=C2. The zero-order valence-corrected chi connectivity index (χ0v) is 69.4. The number of allylic oxidation sites excluding steroid dienone is 2. The number of fused-ring (bicyclic) bond motifs is 18. The van der Waals surface area contributed by atoms with Gasteiger partial charge in [-0.15, -0.1) is 44.3 Å². The van der Waals surface area contributed by atoms with E-state index in [1.165, 1.54) is 43.9 Å². The number of pyridine rings is 5. The number of carbonyl (C=O) groups is 1. The van der Waals surface area contributed by atoms with Crippen LogP contribution in [0.1, 0.15) is 11.4 Å². The number of hydrogen-bond donors (Lipinski definition) is 0. The second-order valence-electron chi connectivity index (χ2n) is 22.0. The van der Waals surface area contributed by atoms with Crippen LogP contribution in [0.2, 0.25) is 0 Å². The van der Waals surface area contributed by atoms with Crippen LogP contribution >= 0.6 is 0 Å². The zero-order valence-electron chi connectivity index (χ0n) is 55.0. The van der Waals surface area contributed by atoms with Crippen LogP contribution in [-0.2, 0) is 125 Å². The zero-order chi connectivity index (χ0) is 69.6. The first-order valence-corrected chi connectivity index (χ1v) is 31.1. The molecule has 0 atom stereocenters. The number of para-hydroxylation sites is 3. The van der Waals surface area contributed by atoms with E-state index >= 15 is 0 Å². The molecule has 18 heterocycles. The molecule has 0 spiro atoms. The van der Waals surface area contributed by atoms with Crippen LogP contribution in [0.3, 0.4) is 0 Å². The Balaban J connectivity index is 0.000000138. The van der Waals surface area contributed by atoms with Crippen molar-refractivity contribution in [1.82, 2.24) is 64.8 Å². The van der Waals surface area contributed by atoms with Gasteiger partial charge in [0.15, 0.2) is 0 Å². The maximum Gasteiger partial charge on any atom is 0.348 e. The van der Waals surface area contributed by atoms with Gasteiger partial charge in [0, 0.05) is 203 Å². The Labute approximate surface area is 698 Å². The second-order valence-corrected chi connectivity index (χ2v) is 22.0. The molecule has 6 aliphatic rings. The van der Waals surface area contributed by atoms with Crippen LogP contribution in [0, 0.1) is 56.8 Å². The summed E-state index contributed by atoms with van der Waals surface area (Å²) in [5.74, 6) is -0.229. The molecule has 12 aromatic heterocycles. The summed E-state index contributed by atoms with van der Waals surface area (Å²) in [7, 11) is 0. The fourth-order valence-electron chi connectivity index (χ4n) is 11.1. The maximum atomic E-state index is 12.0. The van der Waals surface area contributed by atoms with Gasteiger partial charge in [0.2, 0.25) is 0 Å². The quantitative estimate of drug-likeness (QED) is 0.0901. The number of nitrogens with zero attached hydrogens (tertiary/aromatic N) is 19. The van der Waals surface area contributed by atoms with Gasteiger partial charge in [-0.25, -0.2) is 9.78 Å². The predicted molar refractivity (Wildman–Crippen MR) is 379 cm³/mol. The van der Waals surface area contributed by atoms with Crippen molar-refractivity contribution < 1.29 is 143 Å². The Morgan fingerprint density at radius 3 is 1.39 bits per heavy atom. The predicted octanol–water partition coefficient (Wildman–Crippen LogP) is 10.7. The van der Waals surface area contributed by atoms with Gasteiger partial charge in [0.25, 0.3) is 0 Å². The van der Waals surface area contributed by atoms with Gasteiger partial charge in [-0.1, -0.05) is 125 Å². The Hall–Kier alpha value is -11.0. The average molecular weight is 2500 g/mol. The number of aromatic nitrogens is 13. The molecule has 6 aliphatic heterocycles. The Morgan fingerprint density at radius 2 is 0.798 bits per heavy atom. The summed E-state index contributed by atoms with van der Waals surface area (Å²) in [4.78, 5) is 110. The molecule has 33 heteroatoms. The maximum absolute atomic E-state index is 12.0. The minimum atomic E-state index is -0.496. The Morgan fingerprint density at radius 1 is 0.358 bits per heavy atom. The first-order valence-electron chi connectivity index (χ1n) is 31.1. The number of carbonyl (C=O) groups excluding carboxylic acids is 1. The van der Waals surface area contributed by atoms with Gasteiger partial charge < -0.3 is 102 Å². The van der Waals surface area contributed by atoms with E-state index in [0.29, 0.717) is 60.8 Å². The van der Waals surface area contributed by atoms with E-state index < -0.39 is 22.8 Å². The van der Waals surface area contributed by atoms with Gasteiger partial charge in [-0.3, -0.25) is 19.4 Å². The molecular formula is C76H42Ir6N19O8-9. The monoisotopic (exact) mass is 2510 g/mol. The van der Waals surface area contributed by atoms with Crippen molar-refractivity contribution in [2.45, 2.75) is 0 Å². The molecule has 0 bridgehead atoms. The molecule has 0 saturated heterocycles. The molecule has 3 aromatic carbocycles. The molecule has 27 nitrogen and oxygen atoms in total. The third-order valence-corrected chi connectivity index (χ3v) is 15.7. The van der Waals surface area contributed by atoms with E-state index in [-0.39, 0.29) is 143 Å². The minimum Gasteiger partial charge on any atom is -0.492 e. The molecule has 15 aromatic rings. The molecular weight excluding hydrogens is 2460 g/mol. The molecule has 109 heavy (non-hydrogen) atoms. The largest absolute Gasteiger partial charge is 0.492 e. The van der Waals surface area contributed by atoms with Gasteiger partial charge in [0.1, 0.15) is 34.7 Å². The Bertz CT molecular complexity index is 5720. The van der Waals surface area contributed by atoms with E-state index in [4.69, 9.17) is 18.0 Å². The summed E-state index contributed by atoms with van der Waals surface area (Å²) < 4.78 is 20.3. The summed E-state index contributed by atoms with van der Waals surface area (Å²) in [6.45, 7) is 5.86. The molecule has 0 saturated carbocycles. The standard InChI is InChI=1S/C16H11N3.C15H10N4.C14H8N4O2.C11H5N2O2.2C10H4N3O2.6Ir/c1-2-5-13(6-3-1)18-11-14-8-9-15-16(19(14)12-18)7-4-10-17-15;1-2-4-12(5-3-1)18-9-13-6-7-14-15(19(13)11-18)8-16-10-17-14;19-14-12-7-17(10-4-2-1-3-5-10)9-18(12)11-6-15-8-16-13(11)20-14;14-11-10-7(3-1-5-13-10)9-8(15-11)4-2-6-12-9;14-10-9-6(4-11-5-13-9)8-7(15-10)2-1-3-12-8;14-10-9-6(2-1-3-12-9)8-7(15-10)4-11-5-13-8;;;;;;/h1-6,8-12H;1-7,9-11H;1-5,7-9H;1-2,4-6H;1-3,5H;1,3-5H;;;;;;/q3*-2;3*-1;;;;;;. The third kappa shape index (κ3) is 17.1. The number of anilines is 6. The first-order chi connectivity index (χ1) is 50.7. The molecule has 0 amide bonds. The molecule has 0 N–H and O–H groups in total. The van der Waals surface area contributed by atoms with Crippen molar-refractivity contribution in [2.75, 3.05) is 29.4 Å². The fraction of sp³-hybridized carbons (Fsp3) is 0.